The molecule has 6 heteroatoms. The molecule has 0 atom stereocenters. The number of ether oxygens (including phenoxy) is 1. The molecular formula is C14H17BrN4O. The monoisotopic (exact) mass is 336 g/mol. The molecule has 0 aliphatic rings. The molecule has 106 valence electrons. The highest BCUT2D eigenvalue weighted by molar-refractivity contribution is 9.10. The van der Waals surface area contributed by atoms with E-state index in [9.17, 15) is 0 Å². The summed E-state index contributed by atoms with van der Waals surface area (Å²) in [5.41, 5.74) is 6.87. The van der Waals surface area contributed by atoms with Crippen LogP contribution in [0.2, 0.25) is 0 Å². The Morgan fingerprint density at radius 3 is 2.70 bits per heavy atom. The summed E-state index contributed by atoms with van der Waals surface area (Å²) in [5, 5.41) is 0. The van der Waals surface area contributed by atoms with Gasteiger partial charge in [0.05, 0.1) is 17.8 Å². The van der Waals surface area contributed by atoms with E-state index in [1.807, 2.05) is 23.1 Å². The number of aromatic nitrogens is 2. The van der Waals surface area contributed by atoms with Gasteiger partial charge in [-0.05, 0) is 21.5 Å². The fourth-order valence-corrected chi connectivity index (χ4v) is 2.20. The van der Waals surface area contributed by atoms with Gasteiger partial charge in [-0.15, -0.1) is 0 Å². The molecule has 0 fully saturated rings. The van der Waals surface area contributed by atoms with Gasteiger partial charge in [0.1, 0.15) is 0 Å². The molecule has 2 rings (SSSR count). The van der Waals surface area contributed by atoms with Gasteiger partial charge < -0.3 is 15.4 Å². The van der Waals surface area contributed by atoms with Crippen molar-refractivity contribution in [1.82, 2.24) is 9.97 Å². The number of anilines is 1. The molecule has 1 aromatic carbocycles. The van der Waals surface area contributed by atoms with Crippen molar-refractivity contribution in [2.24, 2.45) is 5.73 Å². The first kappa shape index (κ1) is 14.7. The Morgan fingerprint density at radius 1 is 1.30 bits per heavy atom. The summed E-state index contributed by atoms with van der Waals surface area (Å²) in [7, 11) is 1.58. The van der Waals surface area contributed by atoms with E-state index in [4.69, 9.17) is 10.5 Å². The molecule has 0 unspecified atom stereocenters. The van der Waals surface area contributed by atoms with Crippen LogP contribution in [-0.4, -0.2) is 30.2 Å². The Hall–Kier alpha value is -1.66. The fraction of sp³-hybridized carbons (Fsp3) is 0.286. The molecule has 0 aliphatic heterocycles. The number of nitrogens with two attached hydrogens (primary N) is 1. The molecule has 2 N–H and O–H groups in total. The van der Waals surface area contributed by atoms with Crippen LogP contribution < -0.4 is 15.4 Å². The van der Waals surface area contributed by atoms with Crippen molar-refractivity contribution in [2.45, 2.75) is 6.54 Å². The maximum atomic E-state index is 5.68. The van der Waals surface area contributed by atoms with Crippen LogP contribution in [0.5, 0.6) is 5.88 Å². The summed E-state index contributed by atoms with van der Waals surface area (Å²) in [6, 6.07) is 10.2. The number of nitrogens with zero attached hydrogens (tertiary/aromatic N) is 3. The SMILES string of the molecule is COc1nc(N(CCN)Cc2ccccc2)ncc1Br. The molecule has 0 amide bonds. The standard InChI is InChI=1S/C14H17BrN4O/c1-20-13-12(15)9-17-14(18-13)19(8-7-16)10-11-5-3-2-4-6-11/h2-6,9H,7-8,10,16H2,1H3. The second-order valence-electron chi connectivity index (χ2n) is 4.22. The zero-order valence-electron chi connectivity index (χ0n) is 11.3. The molecule has 2 aromatic rings. The quantitative estimate of drug-likeness (QED) is 0.876. The van der Waals surface area contributed by atoms with Crippen molar-refractivity contribution in [2.75, 3.05) is 25.1 Å². The van der Waals surface area contributed by atoms with E-state index in [0.717, 1.165) is 4.47 Å². The third-order valence-corrected chi connectivity index (χ3v) is 3.33. The smallest absolute Gasteiger partial charge is 0.232 e. The zero-order chi connectivity index (χ0) is 14.4. The normalized spacial score (nSPS) is 10.3. The first-order chi connectivity index (χ1) is 9.74. The Morgan fingerprint density at radius 2 is 2.05 bits per heavy atom. The highest BCUT2D eigenvalue weighted by atomic mass is 79.9. The third-order valence-electron chi connectivity index (χ3n) is 2.79. The van der Waals surface area contributed by atoms with Crippen LogP contribution in [0, 0.1) is 0 Å². The van der Waals surface area contributed by atoms with E-state index in [-0.39, 0.29) is 0 Å². The van der Waals surface area contributed by atoms with Gasteiger partial charge in [-0.1, -0.05) is 30.3 Å². The summed E-state index contributed by atoms with van der Waals surface area (Å²) in [6.07, 6.45) is 1.69. The number of halogens is 1. The van der Waals surface area contributed by atoms with Crippen LogP contribution >= 0.6 is 15.9 Å². The first-order valence-corrected chi connectivity index (χ1v) is 7.09. The minimum atomic E-state index is 0.519. The van der Waals surface area contributed by atoms with Gasteiger partial charge in [-0.25, -0.2) is 4.98 Å². The second-order valence-corrected chi connectivity index (χ2v) is 5.08. The van der Waals surface area contributed by atoms with Crippen molar-refractivity contribution in [3.63, 3.8) is 0 Å². The molecule has 0 spiro atoms. The van der Waals surface area contributed by atoms with Crippen LogP contribution in [0.1, 0.15) is 5.56 Å². The largest absolute Gasteiger partial charge is 0.480 e. The lowest BCUT2D eigenvalue weighted by Crippen LogP contribution is -2.30. The van der Waals surface area contributed by atoms with Gasteiger partial charge in [-0.2, -0.15) is 4.98 Å². The van der Waals surface area contributed by atoms with Crippen molar-refractivity contribution in [3.8, 4) is 5.88 Å². The molecule has 0 saturated heterocycles. The van der Waals surface area contributed by atoms with Crippen LogP contribution in [0.25, 0.3) is 0 Å². The highest BCUT2D eigenvalue weighted by Crippen LogP contribution is 2.24. The Kier molecular flexibility index (Phi) is 5.31. The summed E-state index contributed by atoms with van der Waals surface area (Å²) >= 11 is 3.35. The second kappa shape index (κ2) is 7.21. The van der Waals surface area contributed by atoms with Gasteiger partial charge >= 0.3 is 0 Å². The van der Waals surface area contributed by atoms with E-state index in [1.165, 1.54) is 5.56 Å². The van der Waals surface area contributed by atoms with E-state index in [1.54, 1.807) is 13.3 Å². The van der Waals surface area contributed by atoms with Gasteiger partial charge in [0.2, 0.25) is 11.8 Å². The number of hydrogen-bond acceptors (Lipinski definition) is 5. The zero-order valence-corrected chi connectivity index (χ0v) is 12.9. The van der Waals surface area contributed by atoms with Gasteiger partial charge in [-0.3, -0.25) is 0 Å². The number of methoxy groups -OCH3 is 1. The van der Waals surface area contributed by atoms with Crippen LogP contribution in [0.4, 0.5) is 5.95 Å². The highest BCUT2D eigenvalue weighted by Gasteiger charge is 2.12. The maximum Gasteiger partial charge on any atom is 0.232 e. The predicted octanol–water partition coefficient (Wildman–Crippen LogP) is 2.21. The first-order valence-electron chi connectivity index (χ1n) is 6.30. The van der Waals surface area contributed by atoms with Crippen LogP contribution in [0.15, 0.2) is 41.0 Å². The average Bonchev–Trinajstić information content (AvgIpc) is 2.48. The number of benzene rings is 1. The lowest BCUT2D eigenvalue weighted by Gasteiger charge is -2.22. The van der Waals surface area contributed by atoms with Gasteiger partial charge in [0.15, 0.2) is 0 Å². The van der Waals surface area contributed by atoms with Crippen molar-refractivity contribution < 1.29 is 4.74 Å². The fourth-order valence-electron chi connectivity index (χ4n) is 1.85. The van der Waals surface area contributed by atoms with Crippen molar-refractivity contribution in [3.05, 3.63) is 46.6 Å². The van der Waals surface area contributed by atoms with E-state index >= 15 is 0 Å². The van der Waals surface area contributed by atoms with E-state index < -0.39 is 0 Å². The third kappa shape index (κ3) is 3.68. The maximum absolute atomic E-state index is 5.68. The van der Waals surface area contributed by atoms with Gasteiger partial charge in [0.25, 0.3) is 0 Å². The van der Waals surface area contributed by atoms with Crippen molar-refractivity contribution in [1.29, 1.82) is 0 Å². The average molecular weight is 337 g/mol. The molecule has 0 aliphatic carbocycles. The summed E-state index contributed by atoms with van der Waals surface area (Å²) in [4.78, 5) is 10.8. The molecule has 0 bridgehead atoms. The van der Waals surface area contributed by atoms with Crippen LogP contribution in [0.3, 0.4) is 0 Å². The van der Waals surface area contributed by atoms with E-state index in [2.05, 4.69) is 38.0 Å². The van der Waals surface area contributed by atoms with Gasteiger partial charge in [0, 0.05) is 19.6 Å². The lowest BCUT2D eigenvalue weighted by atomic mass is 10.2. The minimum Gasteiger partial charge on any atom is -0.480 e. The van der Waals surface area contributed by atoms with Crippen molar-refractivity contribution >= 4 is 21.9 Å². The molecule has 1 heterocycles. The molecule has 5 nitrogen and oxygen atoms in total. The molecule has 0 saturated carbocycles. The molecule has 0 radical (unpaired) electrons. The van der Waals surface area contributed by atoms with E-state index in [0.29, 0.717) is 31.5 Å². The number of hydrogen-bond donors (Lipinski definition) is 1. The topological polar surface area (TPSA) is 64.3 Å². The van der Waals surface area contributed by atoms with Crippen LogP contribution in [-0.2, 0) is 6.54 Å². The Labute approximate surface area is 126 Å². The summed E-state index contributed by atoms with van der Waals surface area (Å²) < 4.78 is 5.94. The Bertz CT molecular complexity index is 550. The predicted molar refractivity (Wildman–Crippen MR) is 82.8 cm³/mol. The Balaban J connectivity index is 2.24. The lowest BCUT2D eigenvalue weighted by molar-refractivity contribution is 0.393. The summed E-state index contributed by atoms with van der Waals surface area (Å²) in [6.45, 7) is 1.93. The molecule has 20 heavy (non-hydrogen) atoms. The minimum absolute atomic E-state index is 0.519. The molecular weight excluding hydrogens is 320 g/mol. The summed E-state index contributed by atoms with van der Waals surface area (Å²) in [5.74, 6) is 1.13. The molecule has 1 aromatic heterocycles. The number of rotatable bonds is 6.